The molecule has 0 aromatic carbocycles. The van der Waals surface area contributed by atoms with Gasteiger partial charge in [-0.3, -0.25) is 19.2 Å². The van der Waals surface area contributed by atoms with E-state index in [-0.39, 0.29) is 6.54 Å². The van der Waals surface area contributed by atoms with E-state index in [0.29, 0.717) is 30.1 Å². The highest BCUT2D eigenvalue weighted by Crippen LogP contribution is 2.19. The van der Waals surface area contributed by atoms with E-state index in [9.17, 15) is 14.4 Å². The molecule has 1 aliphatic heterocycles. The van der Waals surface area contributed by atoms with Crippen molar-refractivity contribution < 1.29 is 9.53 Å². The number of hydrogen-bond donors (Lipinski definition) is 1. The molecular weight excluding hydrogens is 302 g/mol. The first-order valence-corrected chi connectivity index (χ1v) is 7.34. The third-order valence-electron chi connectivity index (χ3n) is 3.66. The minimum atomic E-state index is -0.574. The van der Waals surface area contributed by atoms with Gasteiger partial charge in [-0.25, -0.2) is 14.6 Å². The molecule has 0 unspecified atom stereocenters. The molecule has 9 heteroatoms. The van der Waals surface area contributed by atoms with E-state index in [1.165, 1.54) is 4.57 Å². The molecule has 0 fully saturated rings. The molecule has 0 bridgehead atoms. The van der Waals surface area contributed by atoms with Crippen molar-refractivity contribution in [3.8, 4) is 0 Å². The van der Waals surface area contributed by atoms with Crippen LogP contribution in [-0.4, -0.2) is 42.2 Å². The first kappa shape index (κ1) is 15.3. The lowest BCUT2D eigenvalue weighted by atomic mass is 10.2. The highest BCUT2D eigenvalue weighted by Gasteiger charge is 2.28. The molecule has 0 aliphatic carbocycles. The number of carbonyl (C=O) groups excluding carboxylic acids is 1. The number of ether oxygens (including phenoxy) is 1. The maximum absolute atomic E-state index is 12.2. The molecule has 1 N–H and O–H groups in total. The Balaban J connectivity index is 2.00. The van der Waals surface area contributed by atoms with Gasteiger partial charge in [-0.05, 0) is 20.8 Å². The number of nitrogens with zero attached hydrogens (tertiary/aromatic N) is 4. The summed E-state index contributed by atoms with van der Waals surface area (Å²) >= 11 is 0. The Hall–Kier alpha value is -2.58. The first-order chi connectivity index (χ1) is 10.7. The first-order valence-electron chi connectivity index (χ1n) is 7.34. The zero-order valence-electron chi connectivity index (χ0n) is 13.5. The zero-order valence-corrected chi connectivity index (χ0v) is 13.5. The number of aryl methyl sites for hydroxylation is 1. The van der Waals surface area contributed by atoms with E-state index in [1.54, 1.807) is 37.3 Å². The third-order valence-corrected chi connectivity index (χ3v) is 3.66. The summed E-state index contributed by atoms with van der Waals surface area (Å²) in [6, 6.07) is 0. The molecule has 2 aromatic rings. The Kier molecular flexibility index (Phi) is 3.31. The van der Waals surface area contributed by atoms with Crippen LogP contribution >= 0.6 is 0 Å². The lowest BCUT2D eigenvalue weighted by molar-refractivity contribution is 0.0196. The van der Waals surface area contributed by atoms with Crippen LogP contribution in [-0.2, 0) is 24.9 Å². The Labute approximate surface area is 131 Å². The topological polar surface area (TPSA) is 102 Å². The second kappa shape index (κ2) is 4.97. The van der Waals surface area contributed by atoms with Crippen molar-refractivity contribution in [2.24, 2.45) is 7.05 Å². The van der Waals surface area contributed by atoms with Gasteiger partial charge in [0.1, 0.15) is 11.4 Å². The van der Waals surface area contributed by atoms with Gasteiger partial charge in [-0.15, -0.1) is 0 Å². The highest BCUT2D eigenvalue weighted by molar-refractivity contribution is 5.72. The van der Waals surface area contributed by atoms with Crippen LogP contribution in [0.25, 0.3) is 11.2 Å². The number of fused-ring (bicyclic) bond motifs is 3. The summed E-state index contributed by atoms with van der Waals surface area (Å²) in [5, 5.41) is 0. The van der Waals surface area contributed by atoms with Gasteiger partial charge >= 0.3 is 11.8 Å². The number of imidazole rings is 1. The van der Waals surface area contributed by atoms with Crippen LogP contribution in [0.5, 0.6) is 0 Å². The Morgan fingerprint density at radius 3 is 2.61 bits per heavy atom. The van der Waals surface area contributed by atoms with E-state index < -0.39 is 22.9 Å². The number of nitrogens with one attached hydrogen (secondary N) is 1. The largest absolute Gasteiger partial charge is 0.444 e. The fraction of sp³-hybridized carbons (Fsp3) is 0.571. The Morgan fingerprint density at radius 2 is 1.96 bits per heavy atom. The van der Waals surface area contributed by atoms with Gasteiger partial charge in [-0.2, -0.15) is 0 Å². The fourth-order valence-electron chi connectivity index (χ4n) is 2.59. The van der Waals surface area contributed by atoms with Gasteiger partial charge in [0, 0.05) is 20.1 Å². The molecule has 0 saturated heterocycles. The summed E-state index contributed by atoms with van der Waals surface area (Å²) in [7, 11) is 1.55. The lowest BCUT2D eigenvalue weighted by Crippen LogP contribution is -2.41. The predicted octanol–water partition coefficient (Wildman–Crippen LogP) is 0.174. The van der Waals surface area contributed by atoms with Crippen LogP contribution < -0.4 is 11.2 Å². The number of aromatic nitrogens is 4. The van der Waals surface area contributed by atoms with Gasteiger partial charge in [0.15, 0.2) is 11.2 Å². The van der Waals surface area contributed by atoms with E-state index >= 15 is 0 Å². The molecule has 23 heavy (non-hydrogen) atoms. The second-order valence-corrected chi connectivity index (χ2v) is 6.57. The van der Waals surface area contributed by atoms with Gasteiger partial charge in [0.25, 0.3) is 5.56 Å². The molecule has 0 radical (unpaired) electrons. The summed E-state index contributed by atoms with van der Waals surface area (Å²) in [5.41, 5.74) is -0.879. The van der Waals surface area contributed by atoms with Crippen molar-refractivity contribution >= 4 is 17.3 Å². The van der Waals surface area contributed by atoms with Crippen molar-refractivity contribution in [2.45, 2.75) is 39.5 Å². The van der Waals surface area contributed by atoms with Crippen molar-refractivity contribution in [1.29, 1.82) is 0 Å². The van der Waals surface area contributed by atoms with Crippen molar-refractivity contribution in [1.82, 2.24) is 24.0 Å². The SMILES string of the molecule is Cn1c(=O)[nH]c(=O)c2c1nc1n2CCN(C(=O)OC(C)(C)C)C1. The molecule has 1 amide bonds. The number of aromatic amines is 1. The highest BCUT2D eigenvalue weighted by atomic mass is 16.6. The van der Waals surface area contributed by atoms with Crippen molar-refractivity contribution in [3.63, 3.8) is 0 Å². The average Bonchev–Trinajstić information content (AvgIpc) is 2.82. The summed E-state index contributed by atoms with van der Waals surface area (Å²) in [6.45, 7) is 6.48. The number of H-pyrrole nitrogens is 1. The van der Waals surface area contributed by atoms with Crippen LogP contribution in [0, 0.1) is 0 Å². The summed E-state index contributed by atoms with van der Waals surface area (Å²) in [5.74, 6) is 0.559. The number of rotatable bonds is 0. The molecule has 2 aromatic heterocycles. The number of carbonyl (C=O) groups is 1. The van der Waals surface area contributed by atoms with Crippen LogP contribution in [0.2, 0.25) is 0 Å². The van der Waals surface area contributed by atoms with Crippen LogP contribution in [0.3, 0.4) is 0 Å². The minimum absolute atomic E-state index is 0.233. The quantitative estimate of drug-likeness (QED) is 0.745. The minimum Gasteiger partial charge on any atom is -0.444 e. The standard InChI is InChI=1S/C14H19N5O4/c1-14(2,3)23-13(22)18-5-6-19-8(7-18)15-10-9(19)11(20)16-12(21)17(10)4/h5-7H2,1-4H3,(H,16,20,21). The molecule has 0 spiro atoms. The fourth-order valence-corrected chi connectivity index (χ4v) is 2.59. The second-order valence-electron chi connectivity index (χ2n) is 6.57. The molecule has 3 heterocycles. The van der Waals surface area contributed by atoms with Gasteiger partial charge in [-0.1, -0.05) is 0 Å². The van der Waals surface area contributed by atoms with Crippen molar-refractivity contribution in [2.75, 3.05) is 6.54 Å². The molecular formula is C14H19N5O4. The average molecular weight is 321 g/mol. The van der Waals surface area contributed by atoms with Crippen LogP contribution in [0.15, 0.2) is 9.59 Å². The van der Waals surface area contributed by atoms with E-state index in [4.69, 9.17) is 4.74 Å². The smallest absolute Gasteiger partial charge is 0.410 e. The molecule has 3 rings (SSSR count). The molecule has 0 saturated carbocycles. The van der Waals surface area contributed by atoms with Crippen LogP contribution in [0.1, 0.15) is 26.6 Å². The van der Waals surface area contributed by atoms with E-state index in [1.807, 2.05) is 0 Å². The Bertz CT molecular complexity index is 899. The summed E-state index contributed by atoms with van der Waals surface area (Å²) in [4.78, 5) is 44.1. The predicted molar refractivity (Wildman–Crippen MR) is 82.2 cm³/mol. The monoisotopic (exact) mass is 321 g/mol. The number of hydrogen-bond acceptors (Lipinski definition) is 5. The van der Waals surface area contributed by atoms with Crippen molar-refractivity contribution in [3.05, 3.63) is 26.7 Å². The zero-order chi connectivity index (χ0) is 16.9. The molecule has 1 aliphatic rings. The van der Waals surface area contributed by atoms with E-state index in [2.05, 4.69) is 9.97 Å². The normalized spacial score (nSPS) is 14.9. The maximum atomic E-state index is 12.2. The third kappa shape index (κ3) is 2.62. The van der Waals surface area contributed by atoms with Gasteiger partial charge < -0.3 is 9.30 Å². The van der Waals surface area contributed by atoms with Gasteiger partial charge in [0.05, 0.1) is 6.54 Å². The summed E-state index contributed by atoms with van der Waals surface area (Å²) in [6.07, 6.45) is -0.418. The molecule has 124 valence electrons. The van der Waals surface area contributed by atoms with E-state index in [0.717, 1.165) is 0 Å². The molecule has 0 atom stereocenters. The number of amides is 1. The van der Waals surface area contributed by atoms with Gasteiger partial charge in [0.2, 0.25) is 0 Å². The molecule has 9 nitrogen and oxygen atoms in total. The van der Waals surface area contributed by atoms with Crippen LogP contribution in [0.4, 0.5) is 4.79 Å². The summed E-state index contributed by atoms with van der Waals surface area (Å²) < 4.78 is 8.40. The maximum Gasteiger partial charge on any atom is 0.410 e. The lowest BCUT2D eigenvalue weighted by Gasteiger charge is -2.30. The Morgan fingerprint density at radius 1 is 1.26 bits per heavy atom.